The summed E-state index contributed by atoms with van der Waals surface area (Å²) in [6.45, 7) is 4.42. The van der Waals surface area contributed by atoms with Gasteiger partial charge in [0.1, 0.15) is 11.8 Å². The number of nitriles is 1. The van der Waals surface area contributed by atoms with Crippen LogP contribution in [0, 0.1) is 11.3 Å². The van der Waals surface area contributed by atoms with Gasteiger partial charge in [0.25, 0.3) is 0 Å². The van der Waals surface area contributed by atoms with Crippen LogP contribution in [0.3, 0.4) is 0 Å². The van der Waals surface area contributed by atoms with Crippen molar-refractivity contribution in [3.63, 3.8) is 0 Å². The van der Waals surface area contributed by atoms with Crippen LogP contribution >= 0.6 is 0 Å². The van der Waals surface area contributed by atoms with Crippen molar-refractivity contribution in [3.05, 3.63) is 11.8 Å². The monoisotopic (exact) mass is 219 g/mol. The van der Waals surface area contributed by atoms with E-state index in [2.05, 4.69) is 11.0 Å². The van der Waals surface area contributed by atoms with E-state index in [0.29, 0.717) is 12.5 Å². The maximum atomic E-state index is 11.5. The number of nitrogens with zero attached hydrogens (tertiary/aromatic N) is 3. The first-order valence-electron chi connectivity index (χ1n) is 5.91. The summed E-state index contributed by atoms with van der Waals surface area (Å²) < 4.78 is 0. The SMILES string of the molecule is CC/C=C(/C#N)N1CCN2C(=O)CC[C@H]2C1. The number of hydrogen-bond donors (Lipinski definition) is 0. The molecule has 0 aromatic carbocycles. The molecule has 16 heavy (non-hydrogen) atoms. The lowest BCUT2D eigenvalue weighted by Crippen LogP contribution is -2.50. The highest BCUT2D eigenvalue weighted by Gasteiger charge is 2.35. The number of amides is 1. The smallest absolute Gasteiger partial charge is 0.223 e. The third kappa shape index (κ3) is 1.90. The van der Waals surface area contributed by atoms with Crippen molar-refractivity contribution in [2.24, 2.45) is 0 Å². The third-order valence-corrected chi connectivity index (χ3v) is 3.35. The number of hydrogen-bond acceptors (Lipinski definition) is 3. The Labute approximate surface area is 96.1 Å². The van der Waals surface area contributed by atoms with Crippen molar-refractivity contribution in [2.45, 2.75) is 32.2 Å². The van der Waals surface area contributed by atoms with Crippen molar-refractivity contribution in [1.29, 1.82) is 5.26 Å². The summed E-state index contributed by atoms with van der Waals surface area (Å²) in [5, 5.41) is 9.06. The molecule has 2 aliphatic rings. The average Bonchev–Trinajstić information content (AvgIpc) is 2.67. The minimum absolute atomic E-state index is 0.280. The Morgan fingerprint density at radius 1 is 1.62 bits per heavy atom. The lowest BCUT2D eigenvalue weighted by atomic mass is 10.1. The van der Waals surface area contributed by atoms with Crippen LogP contribution in [-0.2, 0) is 4.79 Å². The number of piperazine rings is 1. The molecule has 0 spiro atoms. The Kier molecular flexibility index (Phi) is 3.14. The molecule has 2 heterocycles. The molecular formula is C12H17N3O. The van der Waals surface area contributed by atoms with Crippen molar-refractivity contribution in [1.82, 2.24) is 9.80 Å². The maximum absolute atomic E-state index is 11.5. The fourth-order valence-electron chi connectivity index (χ4n) is 2.52. The minimum Gasteiger partial charge on any atom is -0.359 e. The van der Waals surface area contributed by atoms with E-state index in [1.165, 1.54) is 0 Å². The fraction of sp³-hybridized carbons (Fsp3) is 0.667. The van der Waals surface area contributed by atoms with Gasteiger partial charge in [-0.3, -0.25) is 4.79 Å². The van der Waals surface area contributed by atoms with Gasteiger partial charge >= 0.3 is 0 Å². The van der Waals surface area contributed by atoms with Crippen LogP contribution in [0.4, 0.5) is 0 Å². The summed E-state index contributed by atoms with van der Waals surface area (Å²) >= 11 is 0. The molecule has 86 valence electrons. The van der Waals surface area contributed by atoms with Gasteiger partial charge in [0.2, 0.25) is 5.91 Å². The first kappa shape index (κ1) is 11.0. The van der Waals surface area contributed by atoms with Gasteiger partial charge in [0.05, 0.1) is 0 Å². The number of fused-ring (bicyclic) bond motifs is 1. The van der Waals surface area contributed by atoms with Crippen LogP contribution < -0.4 is 0 Å². The van der Waals surface area contributed by atoms with Gasteiger partial charge in [-0.25, -0.2) is 0 Å². The molecule has 0 aromatic rings. The molecule has 2 aliphatic heterocycles. The van der Waals surface area contributed by atoms with Crippen molar-refractivity contribution >= 4 is 5.91 Å². The number of allylic oxidation sites excluding steroid dienone is 2. The topological polar surface area (TPSA) is 47.3 Å². The standard InChI is InChI=1S/C12H17N3O/c1-2-3-10(8-13)14-6-7-15-11(9-14)4-5-12(15)16/h3,11H,2,4-7,9H2,1H3/b10-3-/t11-/m0/s1. The molecule has 2 rings (SSSR count). The molecule has 0 unspecified atom stereocenters. The number of carbonyl (C=O) groups is 1. The summed E-state index contributed by atoms with van der Waals surface area (Å²) in [7, 11) is 0. The van der Waals surface area contributed by atoms with Crippen LogP contribution in [0.5, 0.6) is 0 Å². The second-order valence-electron chi connectivity index (χ2n) is 4.34. The first-order chi connectivity index (χ1) is 7.76. The first-order valence-corrected chi connectivity index (χ1v) is 5.91. The van der Waals surface area contributed by atoms with Crippen LogP contribution in [0.15, 0.2) is 11.8 Å². The molecule has 0 N–H and O–H groups in total. The molecule has 1 atom stereocenters. The highest BCUT2D eigenvalue weighted by Crippen LogP contribution is 2.24. The molecule has 0 bridgehead atoms. The average molecular weight is 219 g/mol. The molecule has 2 fully saturated rings. The van der Waals surface area contributed by atoms with Crippen LogP contribution in [-0.4, -0.2) is 41.4 Å². The zero-order chi connectivity index (χ0) is 11.5. The Morgan fingerprint density at radius 2 is 2.44 bits per heavy atom. The zero-order valence-electron chi connectivity index (χ0n) is 9.65. The van der Waals surface area contributed by atoms with Crippen LogP contribution in [0.25, 0.3) is 0 Å². The zero-order valence-corrected chi connectivity index (χ0v) is 9.65. The van der Waals surface area contributed by atoms with Gasteiger partial charge in [-0.1, -0.05) is 13.0 Å². The lowest BCUT2D eigenvalue weighted by molar-refractivity contribution is -0.130. The van der Waals surface area contributed by atoms with E-state index in [9.17, 15) is 4.79 Å². The van der Waals surface area contributed by atoms with Gasteiger partial charge in [0, 0.05) is 32.1 Å². The molecular weight excluding hydrogens is 202 g/mol. The number of rotatable bonds is 2. The highest BCUT2D eigenvalue weighted by molar-refractivity contribution is 5.79. The van der Waals surface area contributed by atoms with E-state index in [-0.39, 0.29) is 5.91 Å². The van der Waals surface area contributed by atoms with Gasteiger partial charge in [-0.05, 0) is 12.8 Å². The van der Waals surface area contributed by atoms with Gasteiger partial charge in [-0.2, -0.15) is 5.26 Å². The summed E-state index contributed by atoms with van der Waals surface area (Å²) in [5.74, 6) is 0.280. The van der Waals surface area contributed by atoms with Crippen molar-refractivity contribution < 1.29 is 4.79 Å². The molecule has 0 aromatic heterocycles. The molecule has 0 saturated carbocycles. The second kappa shape index (κ2) is 4.56. The Hall–Kier alpha value is -1.50. The Bertz CT molecular complexity index is 356. The van der Waals surface area contributed by atoms with E-state index in [0.717, 1.165) is 38.2 Å². The van der Waals surface area contributed by atoms with E-state index < -0.39 is 0 Å². The molecule has 0 aliphatic carbocycles. The van der Waals surface area contributed by atoms with Gasteiger partial charge < -0.3 is 9.80 Å². The number of carbonyl (C=O) groups excluding carboxylic acids is 1. The Morgan fingerprint density at radius 3 is 3.12 bits per heavy atom. The summed E-state index contributed by atoms with van der Waals surface area (Å²) in [5.41, 5.74) is 0.765. The minimum atomic E-state index is 0.280. The van der Waals surface area contributed by atoms with Gasteiger partial charge in [-0.15, -0.1) is 0 Å². The molecule has 0 radical (unpaired) electrons. The largest absolute Gasteiger partial charge is 0.359 e. The Balaban J connectivity index is 2.04. The maximum Gasteiger partial charge on any atom is 0.223 e. The molecule has 4 nitrogen and oxygen atoms in total. The molecule has 4 heteroatoms. The second-order valence-corrected chi connectivity index (χ2v) is 4.34. The van der Waals surface area contributed by atoms with E-state index in [4.69, 9.17) is 5.26 Å². The lowest BCUT2D eigenvalue weighted by Gasteiger charge is -2.38. The third-order valence-electron chi connectivity index (χ3n) is 3.35. The summed E-state index contributed by atoms with van der Waals surface area (Å²) in [6.07, 6.45) is 4.47. The normalized spacial score (nSPS) is 25.6. The summed E-state index contributed by atoms with van der Waals surface area (Å²) in [6, 6.07) is 2.58. The summed E-state index contributed by atoms with van der Waals surface area (Å²) in [4.78, 5) is 15.6. The van der Waals surface area contributed by atoms with Crippen LogP contribution in [0.1, 0.15) is 26.2 Å². The fourth-order valence-corrected chi connectivity index (χ4v) is 2.52. The van der Waals surface area contributed by atoms with Crippen molar-refractivity contribution in [2.75, 3.05) is 19.6 Å². The van der Waals surface area contributed by atoms with E-state index in [1.807, 2.05) is 17.9 Å². The predicted molar refractivity (Wildman–Crippen MR) is 60.3 cm³/mol. The molecule has 1 amide bonds. The van der Waals surface area contributed by atoms with E-state index >= 15 is 0 Å². The van der Waals surface area contributed by atoms with Crippen LogP contribution in [0.2, 0.25) is 0 Å². The van der Waals surface area contributed by atoms with E-state index in [1.54, 1.807) is 0 Å². The predicted octanol–water partition coefficient (Wildman–Crippen LogP) is 1.11. The molecule has 2 saturated heterocycles. The highest BCUT2D eigenvalue weighted by atomic mass is 16.2. The van der Waals surface area contributed by atoms with Gasteiger partial charge in [0.15, 0.2) is 0 Å². The van der Waals surface area contributed by atoms with Crippen molar-refractivity contribution in [3.8, 4) is 6.07 Å². The quantitative estimate of drug-likeness (QED) is 0.654.